The minimum atomic E-state index is 0.403. The predicted molar refractivity (Wildman–Crippen MR) is 63.2 cm³/mol. The van der Waals surface area contributed by atoms with Crippen molar-refractivity contribution >= 4 is 0 Å². The normalized spacial score (nSPS) is 30.0. The SMILES string of the molecule is CCCC(C)C1CC1CCCC(C)N. The number of hydrogen-bond donors (Lipinski definition) is 1. The van der Waals surface area contributed by atoms with E-state index in [9.17, 15) is 0 Å². The topological polar surface area (TPSA) is 26.0 Å². The van der Waals surface area contributed by atoms with E-state index in [1.54, 1.807) is 0 Å². The maximum atomic E-state index is 5.74. The smallest absolute Gasteiger partial charge is 0.00104 e. The molecule has 1 heteroatoms. The molecule has 84 valence electrons. The van der Waals surface area contributed by atoms with Gasteiger partial charge in [0, 0.05) is 6.04 Å². The van der Waals surface area contributed by atoms with Gasteiger partial charge in [-0.2, -0.15) is 0 Å². The van der Waals surface area contributed by atoms with E-state index in [0.29, 0.717) is 6.04 Å². The molecule has 0 aromatic heterocycles. The van der Waals surface area contributed by atoms with Crippen molar-refractivity contribution in [3.8, 4) is 0 Å². The van der Waals surface area contributed by atoms with Gasteiger partial charge in [-0.3, -0.25) is 0 Å². The van der Waals surface area contributed by atoms with Crippen LogP contribution in [0.4, 0.5) is 0 Å². The summed E-state index contributed by atoms with van der Waals surface area (Å²) in [6.07, 6.45) is 8.27. The van der Waals surface area contributed by atoms with Crippen molar-refractivity contribution in [2.75, 3.05) is 0 Å². The molecule has 0 bridgehead atoms. The van der Waals surface area contributed by atoms with Crippen LogP contribution >= 0.6 is 0 Å². The van der Waals surface area contributed by atoms with Crippen molar-refractivity contribution in [3.63, 3.8) is 0 Å². The van der Waals surface area contributed by atoms with Crippen molar-refractivity contribution in [1.82, 2.24) is 0 Å². The summed E-state index contributed by atoms with van der Waals surface area (Å²) in [7, 11) is 0. The molecular weight excluding hydrogens is 170 g/mol. The summed E-state index contributed by atoms with van der Waals surface area (Å²) in [6, 6.07) is 0.403. The Labute approximate surface area is 89.5 Å². The Morgan fingerprint density at radius 2 is 2.00 bits per heavy atom. The molecule has 4 atom stereocenters. The van der Waals surface area contributed by atoms with E-state index in [2.05, 4.69) is 20.8 Å². The summed E-state index contributed by atoms with van der Waals surface area (Å²) in [6.45, 7) is 6.84. The molecule has 14 heavy (non-hydrogen) atoms. The molecule has 1 rings (SSSR count). The summed E-state index contributed by atoms with van der Waals surface area (Å²) < 4.78 is 0. The van der Waals surface area contributed by atoms with E-state index in [-0.39, 0.29) is 0 Å². The third kappa shape index (κ3) is 4.00. The van der Waals surface area contributed by atoms with Crippen molar-refractivity contribution < 1.29 is 0 Å². The van der Waals surface area contributed by atoms with Gasteiger partial charge in [-0.05, 0) is 37.5 Å². The Kier molecular flexibility index (Phi) is 4.94. The lowest BCUT2D eigenvalue weighted by Gasteiger charge is -2.09. The Morgan fingerprint density at radius 3 is 2.57 bits per heavy atom. The van der Waals surface area contributed by atoms with Crippen molar-refractivity contribution in [2.24, 2.45) is 23.5 Å². The van der Waals surface area contributed by atoms with Crippen LogP contribution in [0.5, 0.6) is 0 Å². The van der Waals surface area contributed by atoms with E-state index in [4.69, 9.17) is 5.73 Å². The quantitative estimate of drug-likeness (QED) is 0.663. The molecular formula is C13H27N. The fraction of sp³-hybridized carbons (Fsp3) is 1.00. The fourth-order valence-electron chi connectivity index (χ4n) is 2.67. The molecule has 0 saturated heterocycles. The van der Waals surface area contributed by atoms with Gasteiger partial charge in [0.15, 0.2) is 0 Å². The van der Waals surface area contributed by atoms with Crippen molar-refractivity contribution in [3.05, 3.63) is 0 Å². The minimum absolute atomic E-state index is 0.403. The molecule has 0 amide bonds. The van der Waals surface area contributed by atoms with Gasteiger partial charge < -0.3 is 5.73 Å². The molecule has 0 heterocycles. The highest BCUT2D eigenvalue weighted by Crippen LogP contribution is 2.48. The summed E-state index contributed by atoms with van der Waals surface area (Å²) in [5, 5.41) is 0. The first kappa shape index (κ1) is 12.0. The second-order valence-corrected chi connectivity index (χ2v) is 5.33. The molecule has 2 N–H and O–H groups in total. The van der Waals surface area contributed by atoms with Crippen LogP contribution in [0.25, 0.3) is 0 Å². The lowest BCUT2D eigenvalue weighted by atomic mass is 9.97. The first-order valence-electron chi connectivity index (χ1n) is 6.40. The summed E-state index contributed by atoms with van der Waals surface area (Å²) in [5.41, 5.74) is 5.74. The zero-order chi connectivity index (χ0) is 10.6. The van der Waals surface area contributed by atoms with E-state index < -0.39 is 0 Å². The first-order chi connectivity index (χ1) is 6.65. The van der Waals surface area contributed by atoms with Crippen LogP contribution in [-0.2, 0) is 0 Å². The average molecular weight is 197 g/mol. The summed E-state index contributed by atoms with van der Waals surface area (Å²) in [4.78, 5) is 0. The zero-order valence-corrected chi connectivity index (χ0v) is 10.1. The van der Waals surface area contributed by atoms with Gasteiger partial charge >= 0.3 is 0 Å². The van der Waals surface area contributed by atoms with Crippen LogP contribution in [-0.4, -0.2) is 6.04 Å². The summed E-state index contributed by atoms with van der Waals surface area (Å²) >= 11 is 0. The lowest BCUT2D eigenvalue weighted by molar-refractivity contribution is 0.422. The zero-order valence-electron chi connectivity index (χ0n) is 10.1. The predicted octanol–water partition coefficient (Wildman–Crippen LogP) is 3.58. The van der Waals surface area contributed by atoms with Gasteiger partial charge in [-0.15, -0.1) is 0 Å². The minimum Gasteiger partial charge on any atom is -0.328 e. The highest BCUT2D eigenvalue weighted by atomic mass is 14.6. The van der Waals surface area contributed by atoms with Gasteiger partial charge in [-0.25, -0.2) is 0 Å². The van der Waals surface area contributed by atoms with Crippen LogP contribution in [0, 0.1) is 17.8 Å². The Bertz CT molecular complexity index is 153. The van der Waals surface area contributed by atoms with Gasteiger partial charge in [-0.1, -0.05) is 39.5 Å². The number of nitrogens with two attached hydrogens (primary N) is 1. The molecule has 1 aliphatic carbocycles. The van der Waals surface area contributed by atoms with Crippen LogP contribution in [0.1, 0.15) is 59.3 Å². The Hall–Kier alpha value is -0.0400. The second kappa shape index (κ2) is 5.75. The van der Waals surface area contributed by atoms with E-state index in [1.165, 1.54) is 38.5 Å². The molecule has 0 radical (unpaired) electrons. The average Bonchev–Trinajstić information content (AvgIpc) is 2.84. The number of rotatable bonds is 7. The third-order valence-corrected chi connectivity index (χ3v) is 3.69. The lowest BCUT2D eigenvalue weighted by Crippen LogP contribution is -2.14. The van der Waals surface area contributed by atoms with E-state index >= 15 is 0 Å². The summed E-state index contributed by atoms with van der Waals surface area (Å²) in [5.74, 6) is 3.08. The van der Waals surface area contributed by atoms with Crippen LogP contribution in [0.2, 0.25) is 0 Å². The van der Waals surface area contributed by atoms with Crippen molar-refractivity contribution in [1.29, 1.82) is 0 Å². The molecule has 1 saturated carbocycles. The fourth-order valence-corrected chi connectivity index (χ4v) is 2.67. The molecule has 0 aromatic rings. The highest BCUT2D eigenvalue weighted by molar-refractivity contribution is 4.89. The largest absolute Gasteiger partial charge is 0.328 e. The molecule has 4 unspecified atom stereocenters. The first-order valence-corrected chi connectivity index (χ1v) is 6.40. The molecule has 1 nitrogen and oxygen atoms in total. The Morgan fingerprint density at radius 1 is 1.29 bits per heavy atom. The maximum absolute atomic E-state index is 5.74. The molecule has 0 aliphatic heterocycles. The van der Waals surface area contributed by atoms with E-state index in [0.717, 1.165) is 17.8 Å². The van der Waals surface area contributed by atoms with Gasteiger partial charge in [0.2, 0.25) is 0 Å². The molecule has 1 fully saturated rings. The molecule has 1 aliphatic rings. The van der Waals surface area contributed by atoms with Crippen LogP contribution in [0.3, 0.4) is 0 Å². The highest BCUT2D eigenvalue weighted by Gasteiger charge is 2.39. The monoisotopic (exact) mass is 197 g/mol. The van der Waals surface area contributed by atoms with Gasteiger partial charge in [0.25, 0.3) is 0 Å². The third-order valence-electron chi connectivity index (χ3n) is 3.69. The number of hydrogen-bond acceptors (Lipinski definition) is 1. The maximum Gasteiger partial charge on any atom is 0.00104 e. The standard InChI is InChI=1S/C13H27N/c1-4-6-10(2)13-9-12(13)8-5-7-11(3)14/h10-13H,4-9,14H2,1-3H3. The van der Waals surface area contributed by atoms with Gasteiger partial charge in [0.1, 0.15) is 0 Å². The van der Waals surface area contributed by atoms with Crippen LogP contribution < -0.4 is 5.73 Å². The molecule has 0 aromatic carbocycles. The second-order valence-electron chi connectivity index (χ2n) is 5.33. The van der Waals surface area contributed by atoms with Gasteiger partial charge in [0.05, 0.1) is 0 Å². The molecule has 0 spiro atoms. The Balaban J connectivity index is 2.02. The van der Waals surface area contributed by atoms with Crippen molar-refractivity contribution in [2.45, 2.75) is 65.3 Å². The van der Waals surface area contributed by atoms with Crippen LogP contribution in [0.15, 0.2) is 0 Å². The van der Waals surface area contributed by atoms with E-state index in [1.807, 2.05) is 0 Å².